The van der Waals surface area contributed by atoms with E-state index >= 15 is 0 Å². The molecule has 1 fully saturated rings. The number of benzene rings is 4. The fourth-order valence-corrected chi connectivity index (χ4v) is 10.6. The van der Waals surface area contributed by atoms with Crippen molar-refractivity contribution >= 4 is 29.3 Å². The van der Waals surface area contributed by atoms with Gasteiger partial charge in [0.05, 0.1) is 49.7 Å². The lowest BCUT2D eigenvalue weighted by Crippen LogP contribution is -2.70. The molecular formula is C56H64N4O15. The van der Waals surface area contributed by atoms with E-state index in [-0.39, 0.29) is 76.1 Å². The molecule has 0 aromatic heterocycles. The Bertz CT molecular complexity index is 2750. The molecule has 0 spiro atoms. The molecular weight excluding hydrogens is 969 g/mol. The van der Waals surface area contributed by atoms with E-state index in [1.807, 2.05) is 12.1 Å². The van der Waals surface area contributed by atoms with Crippen molar-refractivity contribution in [2.24, 2.45) is 22.9 Å². The Balaban J connectivity index is 1.30. The number of unbranched alkanes of at least 4 members (excludes halogenated alkanes) is 2. The number of nitro benzene ring substituents is 1. The van der Waals surface area contributed by atoms with Gasteiger partial charge in [0.25, 0.3) is 5.69 Å². The second-order valence-electron chi connectivity index (χ2n) is 18.6. The standard InChI is InChI=1S/C56H64N4O15/c1-5-7-27-69-55(64)59(33-37-16-22-48-50(28-37)71-35-70-48)51-32-46(58-73-34-36-14-17-39(18-15-36)60(65)66)43-29-38(12-8-10-24-61)42(13-9-11-25-62)52-44-30-41(20-23-47(44)75-56(51,53(43)52)72-26-6-2)74-54(63)57-45-21-19-40(67-3)31-49(45)68-4/h5-6,14-23,28-31,38,42,51-53,61-62H,1-2,7-13,24-27,32-35H2,3-4H3,(H,57,63)/t38-,42+,51-,52+,53+,56+/m0/s1. The molecule has 4 aromatic carbocycles. The van der Waals surface area contributed by atoms with Gasteiger partial charge in [-0.15, -0.1) is 13.2 Å². The molecule has 19 heteroatoms. The van der Waals surface area contributed by atoms with Crippen molar-refractivity contribution in [2.45, 2.75) is 82.3 Å². The summed E-state index contributed by atoms with van der Waals surface area (Å²) in [5, 5.41) is 39.3. The van der Waals surface area contributed by atoms with Crippen molar-refractivity contribution in [1.29, 1.82) is 0 Å². The fourth-order valence-electron chi connectivity index (χ4n) is 10.6. The maximum Gasteiger partial charge on any atom is 0.417 e. The highest BCUT2D eigenvalue weighted by molar-refractivity contribution is 6.03. The minimum Gasteiger partial charge on any atom is -0.497 e. The number of amides is 2. The van der Waals surface area contributed by atoms with Gasteiger partial charge in [0, 0.05) is 55.9 Å². The van der Waals surface area contributed by atoms with E-state index in [0.717, 1.165) is 5.57 Å². The lowest BCUT2D eigenvalue weighted by molar-refractivity contribution is -0.384. The van der Waals surface area contributed by atoms with Crippen LogP contribution < -0.4 is 33.7 Å². The zero-order chi connectivity index (χ0) is 52.9. The monoisotopic (exact) mass is 1030 g/mol. The zero-order valence-corrected chi connectivity index (χ0v) is 42.2. The first kappa shape index (κ1) is 53.7. The summed E-state index contributed by atoms with van der Waals surface area (Å²) in [6, 6.07) is 20.6. The Morgan fingerprint density at radius 2 is 1.64 bits per heavy atom. The lowest BCUT2D eigenvalue weighted by atomic mass is 9.55. The third kappa shape index (κ3) is 12.2. The number of nitrogens with zero attached hydrogens (tertiary/aromatic N) is 3. The average molecular weight is 1030 g/mol. The predicted molar refractivity (Wildman–Crippen MR) is 276 cm³/mol. The predicted octanol–water partition coefficient (Wildman–Crippen LogP) is 10.0. The van der Waals surface area contributed by atoms with Crippen LogP contribution in [0.2, 0.25) is 0 Å². The van der Waals surface area contributed by atoms with Crippen LogP contribution in [-0.4, -0.2) is 97.2 Å². The molecule has 2 heterocycles. The largest absolute Gasteiger partial charge is 0.497 e. The number of carbonyl (C=O) groups excluding carboxylic acids is 2. The summed E-state index contributed by atoms with van der Waals surface area (Å²) in [6.07, 6.45) is 8.27. The van der Waals surface area contributed by atoms with Gasteiger partial charge in [-0.25, -0.2) is 9.59 Å². The summed E-state index contributed by atoms with van der Waals surface area (Å²) < 4.78 is 48.8. The number of aliphatic hydroxyl groups excluding tert-OH is 2. The van der Waals surface area contributed by atoms with Gasteiger partial charge >= 0.3 is 12.2 Å². The molecule has 1 saturated carbocycles. The van der Waals surface area contributed by atoms with E-state index < -0.39 is 40.8 Å². The number of nitrogens with one attached hydrogen (secondary N) is 1. The van der Waals surface area contributed by atoms with Gasteiger partial charge in [0.1, 0.15) is 35.6 Å². The molecule has 4 aromatic rings. The number of anilines is 1. The first-order valence-electron chi connectivity index (χ1n) is 25.1. The fraction of sp³-hybridized carbons (Fsp3) is 0.411. The van der Waals surface area contributed by atoms with Crippen LogP contribution in [-0.2, 0) is 27.5 Å². The Labute approximate surface area is 435 Å². The van der Waals surface area contributed by atoms with Gasteiger partial charge in [-0.05, 0) is 115 Å². The van der Waals surface area contributed by atoms with Crippen LogP contribution in [0, 0.1) is 27.9 Å². The van der Waals surface area contributed by atoms with Crippen LogP contribution in [0.25, 0.3) is 0 Å². The molecule has 0 saturated heterocycles. The highest BCUT2D eigenvalue weighted by Crippen LogP contribution is 2.62. The first-order valence-corrected chi connectivity index (χ1v) is 25.1. The second-order valence-corrected chi connectivity index (χ2v) is 18.6. The molecule has 75 heavy (non-hydrogen) atoms. The zero-order valence-electron chi connectivity index (χ0n) is 42.2. The van der Waals surface area contributed by atoms with Crippen molar-refractivity contribution in [3.8, 4) is 34.5 Å². The van der Waals surface area contributed by atoms with Gasteiger partial charge in [0.15, 0.2) is 11.5 Å². The molecule has 398 valence electrons. The Morgan fingerprint density at radius 1 is 0.893 bits per heavy atom. The second kappa shape index (κ2) is 25.1. The summed E-state index contributed by atoms with van der Waals surface area (Å²) in [6.45, 7) is 7.91. The number of methoxy groups -OCH3 is 2. The first-order chi connectivity index (χ1) is 36.5. The summed E-state index contributed by atoms with van der Waals surface area (Å²) in [5.74, 6) is -0.529. The SMILES string of the molecule is C=CCCOC(=O)N(Cc1ccc2c(c1)OCO2)[C@H]1CC(=NOCc2ccc([N+](=O)[O-])cc2)C2=C[C@H](CCCCO)[C@@H](CCCCO)[C@@H]3c4cc(OC(=O)Nc5ccc(OC)cc5OC)ccc4O[C@@]1(OCC=C)[C@H]23. The minimum atomic E-state index is -1.67. The number of nitro groups is 1. The third-order valence-electron chi connectivity index (χ3n) is 14.0. The van der Waals surface area contributed by atoms with E-state index in [4.69, 9.17) is 47.9 Å². The number of oxime groups is 1. The number of ether oxygens (including phenoxy) is 8. The van der Waals surface area contributed by atoms with E-state index in [9.17, 15) is 29.9 Å². The summed E-state index contributed by atoms with van der Waals surface area (Å²) in [7, 11) is 3.01. The van der Waals surface area contributed by atoms with Crippen molar-refractivity contribution in [3.63, 3.8) is 0 Å². The van der Waals surface area contributed by atoms with Gasteiger partial charge in [-0.1, -0.05) is 42.3 Å². The number of carbonyl (C=O) groups is 2. The van der Waals surface area contributed by atoms with Crippen molar-refractivity contribution < 1.29 is 67.5 Å². The van der Waals surface area contributed by atoms with E-state index in [2.05, 4.69) is 24.6 Å². The molecule has 2 aliphatic heterocycles. The number of hydrogen-bond acceptors (Lipinski definition) is 16. The molecule has 0 bridgehead atoms. The number of aliphatic hydroxyl groups is 2. The summed E-state index contributed by atoms with van der Waals surface area (Å²) in [4.78, 5) is 47.5. The quantitative estimate of drug-likeness (QED) is 0.0243. The highest BCUT2D eigenvalue weighted by atomic mass is 16.7. The minimum absolute atomic E-state index is 0.000125. The molecule has 2 aliphatic carbocycles. The maximum atomic E-state index is 14.9. The number of rotatable bonds is 25. The maximum absolute atomic E-state index is 14.9. The highest BCUT2D eigenvalue weighted by Gasteiger charge is 2.66. The smallest absolute Gasteiger partial charge is 0.417 e. The molecule has 0 radical (unpaired) electrons. The molecule has 0 unspecified atom stereocenters. The molecule has 6 atom stereocenters. The van der Waals surface area contributed by atoms with Crippen LogP contribution in [0.1, 0.15) is 74.0 Å². The van der Waals surface area contributed by atoms with Gasteiger partial charge in [-0.2, -0.15) is 0 Å². The van der Waals surface area contributed by atoms with Crippen LogP contribution in [0.5, 0.6) is 34.5 Å². The molecule has 19 nitrogen and oxygen atoms in total. The normalized spacial score (nSPS) is 21.3. The molecule has 8 rings (SSSR count). The number of hydrogen-bond donors (Lipinski definition) is 3. The number of allylic oxidation sites excluding steroid dienone is 1. The molecule has 4 aliphatic rings. The van der Waals surface area contributed by atoms with Gasteiger partial charge in [0.2, 0.25) is 12.6 Å². The van der Waals surface area contributed by atoms with E-state index in [1.54, 1.807) is 71.6 Å². The van der Waals surface area contributed by atoms with Gasteiger partial charge in [-0.3, -0.25) is 20.3 Å². The average Bonchev–Trinajstić information content (AvgIpc) is 3.90. The number of non-ortho nitro benzene ring substituents is 1. The third-order valence-corrected chi connectivity index (χ3v) is 14.0. The van der Waals surface area contributed by atoms with E-state index in [0.29, 0.717) is 102 Å². The van der Waals surface area contributed by atoms with Crippen molar-refractivity contribution in [1.82, 2.24) is 4.90 Å². The number of fused-ring (bicyclic) bond motifs is 3. The molecule has 2 amide bonds. The Hall–Kier alpha value is -7.61. The van der Waals surface area contributed by atoms with Crippen LogP contribution in [0.4, 0.5) is 21.0 Å². The Morgan fingerprint density at radius 3 is 2.37 bits per heavy atom. The lowest BCUT2D eigenvalue weighted by Gasteiger charge is -2.59. The van der Waals surface area contributed by atoms with Crippen molar-refractivity contribution in [2.75, 3.05) is 52.8 Å². The van der Waals surface area contributed by atoms with Crippen LogP contribution in [0.15, 0.2) is 121 Å². The van der Waals surface area contributed by atoms with Crippen LogP contribution in [0.3, 0.4) is 0 Å². The molecule has 3 N–H and O–H groups in total. The van der Waals surface area contributed by atoms with Crippen LogP contribution >= 0.6 is 0 Å². The Kier molecular flexibility index (Phi) is 17.9. The van der Waals surface area contributed by atoms with Crippen molar-refractivity contribution in [3.05, 3.63) is 143 Å². The van der Waals surface area contributed by atoms with E-state index in [1.165, 1.54) is 26.4 Å². The summed E-state index contributed by atoms with van der Waals surface area (Å²) in [5.41, 5.74) is 3.58. The topological polar surface area (TPSA) is 228 Å². The van der Waals surface area contributed by atoms with Gasteiger partial charge < -0.3 is 52.9 Å². The summed E-state index contributed by atoms with van der Waals surface area (Å²) >= 11 is 0.